The predicted octanol–water partition coefficient (Wildman–Crippen LogP) is 0.632. The molecule has 0 aromatic carbocycles. The molecule has 0 bridgehead atoms. The molecule has 0 saturated carbocycles. The van der Waals surface area contributed by atoms with Gasteiger partial charge in [0.2, 0.25) is 5.82 Å². The van der Waals surface area contributed by atoms with Gasteiger partial charge in [-0.15, -0.1) is 10.2 Å². The second kappa shape index (κ2) is 6.98. The molecule has 1 aromatic rings. The lowest BCUT2D eigenvalue weighted by Gasteiger charge is -2.24. The lowest BCUT2D eigenvalue weighted by molar-refractivity contribution is -0.144. The minimum atomic E-state index is -0.164. The Bertz CT molecular complexity index is 429. The normalized spacial score (nSPS) is 16.2. The molecule has 1 aromatic heterocycles. The summed E-state index contributed by atoms with van der Waals surface area (Å²) in [5.41, 5.74) is 1.00. The van der Waals surface area contributed by atoms with E-state index >= 15 is 0 Å². The first kappa shape index (κ1) is 13.7. The first-order valence-electron chi connectivity index (χ1n) is 6.60. The zero-order valence-corrected chi connectivity index (χ0v) is 11.1. The van der Waals surface area contributed by atoms with E-state index in [4.69, 9.17) is 4.74 Å². The third-order valence-electron chi connectivity index (χ3n) is 2.98. The first-order chi connectivity index (χ1) is 9.29. The van der Waals surface area contributed by atoms with Crippen molar-refractivity contribution in [2.24, 2.45) is 0 Å². The van der Waals surface area contributed by atoms with E-state index in [0.29, 0.717) is 25.5 Å². The average molecular weight is 265 g/mol. The van der Waals surface area contributed by atoms with Crippen LogP contribution in [0.5, 0.6) is 0 Å². The molecule has 2 heterocycles. The summed E-state index contributed by atoms with van der Waals surface area (Å²) in [7, 11) is 0. The van der Waals surface area contributed by atoms with E-state index < -0.39 is 0 Å². The van der Waals surface area contributed by atoms with Crippen LogP contribution in [0.2, 0.25) is 0 Å². The molecule has 0 amide bonds. The highest BCUT2D eigenvalue weighted by atomic mass is 16.5. The maximum absolute atomic E-state index is 11.6. The number of carbonyl (C=O) groups excluding carboxylic acids is 1. The predicted molar refractivity (Wildman–Crippen MR) is 69.1 cm³/mol. The van der Waals surface area contributed by atoms with Gasteiger partial charge in [-0.05, 0) is 18.1 Å². The van der Waals surface area contributed by atoms with Crippen LogP contribution in [0.25, 0.3) is 5.57 Å². The Morgan fingerprint density at radius 2 is 2.47 bits per heavy atom. The Balaban J connectivity index is 1.80. The van der Waals surface area contributed by atoms with E-state index in [1.54, 1.807) is 0 Å². The Morgan fingerprint density at radius 3 is 3.21 bits per heavy atom. The fraction of sp³-hybridized carbons (Fsp3) is 0.667. The Kier molecular flexibility index (Phi) is 5.02. The summed E-state index contributed by atoms with van der Waals surface area (Å²) in [6.45, 7) is 4.41. The number of unbranched alkanes of at least 4 members (excludes halogenated alkanes) is 1. The van der Waals surface area contributed by atoms with Crippen molar-refractivity contribution in [3.05, 3.63) is 11.9 Å². The maximum Gasteiger partial charge on any atom is 0.320 e. The summed E-state index contributed by atoms with van der Waals surface area (Å²) < 4.78 is 5.16. The van der Waals surface area contributed by atoms with Crippen LogP contribution in [0.1, 0.15) is 32.0 Å². The van der Waals surface area contributed by atoms with Crippen LogP contribution in [-0.2, 0) is 9.53 Å². The zero-order valence-electron chi connectivity index (χ0n) is 11.1. The zero-order chi connectivity index (χ0) is 13.5. The van der Waals surface area contributed by atoms with Gasteiger partial charge in [-0.1, -0.05) is 19.4 Å². The number of rotatable bonds is 6. The molecule has 7 nitrogen and oxygen atoms in total. The number of aromatic nitrogens is 4. The van der Waals surface area contributed by atoms with Crippen molar-refractivity contribution >= 4 is 11.5 Å². The number of H-pyrrole nitrogens is 1. The van der Waals surface area contributed by atoms with Crippen molar-refractivity contribution in [1.82, 2.24) is 25.5 Å². The van der Waals surface area contributed by atoms with Crippen molar-refractivity contribution in [3.63, 3.8) is 0 Å². The van der Waals surface area contributed by atoms with Crippen molar-refractivity contribution in [1.29, 1.82) is 0 Å². The number of ether oxygens (including phenoxy) is 1. The van der Waals surface area contributed by atoms with Crippen molar-refractivity contribution in [2.75, 3.05) is 26.2 Å². The fourth-order valence-electron chi connectivity index (χ4n) is 1.96. The summed E-state index contributed by atoms with van der Waals surface area (Å²) in [6, 6.07) is 0. The van der Waals surface area contributed by atoms with Crippen LogP contribution in [0.4, 0.5) is 0 Å². The molecule has 0 saturated heterocycles. The molecule has 7 heteroatoms. The minimum Gasteiger partial charge on any atom is -0.465 e. The van der Waals surface area contributed by atoms with E-state index in [1.807, 2.05) is 4.90 Å². The number of aromatic amines is 1. The molecule has 0 spiro atoms. The molecule has 1 aliphatic rings. The molecule has 1 aliphatic heterocycles. The van der Waals surface area contributed by atoms with Crippen molar-refractivity contribution in [3.8, 4) is 0 Å². The lowest BCUT2D eigenvalue weighted by atomic mass is 10.1. The smallest absolute Gasteiger partial charge is 0.320 e. The highest BCUT2D eigenvalue weighted by molar-refractivity contribution is 5.72. The second-order valence-corrected chi connectivity index (χ2v) is 4.54. The van der Waals surface area contributed by atoms with E-state index in [2.05, 4.69) is 33.6 Å². The van der Waals surface area contributed by atoms with Gasteiger partial charge in [0, 0.05) is 18.7 Å². The van der Waals surface area contributed by atoms with Crippen LogP contribution in [0.3, 0.4) is 0 Å². The second-order valence-electron chi connectivity index (χ2n) is 4.54. The standard InChI is InChI=1S/C12H19N5O2/c1-2-3-7-19-11(18)9-17-6-4-5-10(8-17)12-13-15-16-14-12/h5H,2-4,6-9H2,1H3,(H,13,14,15,16). The van der Waals surface area contributed by atoms with Gasteiger partial charge in [-0.3, -0.25) is 9.69 Å². The number of esters is 1. The van der Waals surface area contributed by atoms with Crippen LogP contribution < -0.4 is 0 Å². The Labute approximate surface area is 112 Å². The monoisotopic (exact) mass is 265 g/mol. The highest BCUT2D eigenvalue weighted by Crippen LogP contribution is 2.16. The summed E-state index contributed by atoms with van der Waals surface area (Å²) in [6.07, 6.45) is 4.91. The highest BCUT2D eigenvalue weighted by Gasteiger charge is 2.19. The quantitative estimate of drug-likeness (QED) is 0.600. The number of hydrogen-bond donors (Lipinski definition) is 1. The van der Waals surface area contributed by atoms with Gasteiger partial charge in [0.25, 0.3) is 0 Å². The molecular weight excluding hydrogens is 246 g/mol. The van der Waals surface area contributed by atoms with Crippen LogP contribution in [-0.4, -0.2) is 57.7 Å². The van der Waals surface area contributed by atoms with Gasteiger partial charge in [0.05, 0.1) is 13.2 Å². The molecule has 2 rings (SSSR count). The average Bonchev–Trinajstić information content (AvgIpc) is 2.93. The minimum absolute atomic E-state index is 0.164. The van der Waals surface area contributed by atoms with Gasteiger partial charge >= 0.3 is 5.97 Å². The van der Waals surface area contributed by atoms with Crippen LogP contribution in [0, 0.1) is 0 Å². The maximum atomic E-state index is 11.6. The molecule has 104 valence electrons. The molecule has 19 heavy (non-hydrogen) atoms. The number of hydrogen-bond acceptors (Lipinski definition) is 6. The Hall–Kier alpha value is -1.76. The fourth-order valence-corrected chi connectivity index (χ4v) is 1.96. The van der Waals surface area contributed by atoms with Gasteiger partial charge in [0.1, 0.15) is 0 Å². The van der Waals surface area contributed by atoms with Crippen molar-refractivity contribution in [2.45, 2.75) is 26.2 Å². The third kappa shape index (κ3) is 4.13. The van der Waals surface area contributed by atoms with Crippen LogP contribution >= 0.6 is 0 Å². The van der Waals surface area contributed by atoms with E-state index in [1.165, 1.54) is 0 Å². The van der Waals surface area contributed by atoms with Gasteiger partial charge < -0.3 is 4.74 Å². The lowest BCUT2D eigenvalue weighted by Crippen LogP contribution is -2.35. The van der Waals surface area contributed by atoms with E-state index in [-0.39, 0.29) is 5.97 Å². The molecule has 0 aliphatic carbocycles. The summed E-state index contributed by atoms with van der Waals surface area (Å²) in [5, 5.41) is 13.9. The van der Waals surface area contributed by atoms with Crippen molar-refractivity contribution < 1.29 is 9.53 Å². The SMILES string of the molecule is CCCCOC(=O)CN1CCC=C(c2nn[nH]n2)C1. The molecule has 0 radical (unpaired) electrons. The molecule has 1 N–H and O–H groups in total. The first-order valence-corrected chi connectivity index (χ1v) is 6.60. The molecule has 0 fully saturated rings. The van der Waals surface area contributed by atoms with E-state index in [0.717, 1.165) is 31.4 Å². The number of carbonyl (C=O) groups is 1. The van der Waals surface area contributed by atoms with Gasteiger partial charge in [0.15, 0.2) is 0 Å². The summed E-state index contributed by atoms with van der Waals surface area (Å²) in [5.74, 6) is 0.437. The largest absolute Gasteiger partial charge is 0.465 e. The van der Waals surface area contributed by atoms with Gasteiger partial charge in [-0.25, -0.2) is 0 Å². The summed E-state index contributed by atoms with van der Waals surface area (Å²) in [4.78, 5) is 13.7. The number of tetrazole rings is 1. The van der Waals surface area contributed by atoms with E-state index in [9.17, 15) is 4.79 Å². The molecule has 0 unspecified atom stereocenters. The molecular formula is C12H19N5O2. The van der Waals surface area contributed by atoms with Gasteiger partial charge in [-0.2, -0.15) is 5.21 Å². The number of nitrogens with one attached hydrogen (secondary N) is 1. The third-order valence-corrected chi connectivity index (χ3v) is 2.98. The number of nitrogens with zero attached hydrogens (tertiary/aromatic N) is 4. The molecule has 0 atom stereocenters. The summed E-state index contributed by atoms with van der Waals surface area (Å²) >= 11 is 0. The Morgan fingerprint density at radius 1 is 1.58 bits per heavy atom. The topological polar surface area (TPSA) is 84.0 Å². The van der Waals surface area contributed by atoms with Crippen LogP contribution in [0.15, 0.2) is 6.08 Å².